The molecule has 24 heavy (non-hydrogen) atoms. The molecule has 4 aromatic rings. The predicted octanol–water partition coefficient (Wildman–Crippen LogP) is 3.16. The average Bonchev–Trinajstić information content (AvgIpc) is 3.05. The summed E-state index contributed by atoms with van der Waals surface area (Å²) < 4.78 is 1.85. The topological polar surface area (TPSA) is 80.4 Å². The number of fused-ring (bicyclic) bond motifs is 1. The van der Waals surface area contributed by atoms with Gasteiger partial charge in [-0.25, -0.2) is 4.79 Å². The SMILES string of the molecule is O=C(O)c1ccc(-c2nnc3cnc(-c4ccccc4)cn23)cc1. The van der Waals surface area contributed by atoms with Gasteiger partial charge in [0.15, 0.2) is 11.5 Å². The van der Waals surface area contributed by atoms with E-state index in [1.807, 2.05) is 40.9 Å². The van der Waals surface area contributed by atoms with Gasteiger partial charge in [-0.05, 0) is 12.1 Å². The summed E-state index contributed by atoms with van der Waals surface area (Å²) >= 11 is 0. The van der Waals surface area contributed by atoms with Crippen molar-refractivity contribution < 1.29 is 9.90 Å². The molecule has 0 atom stereocenters. The average molecular weight is 316 g/mol. The Balaban J connectivity index is 1.83. The molecule has 4 rings (SSSR count). The maximum atomic E-state index is 11.0. The van der Waals surface area contributed by atoms with Gasteiger partial charge in [0.1, 0.15) is 0 Å². The Bertz CT molecular complexity index is 1020. The molecule has 0 amide bonds. The molecule has 0 saturated carbocycles. The van der Waals surface area contributed by atoms with E-state index in [2.05, 4.69) is 15.2 Å². The van der Waals surface area contributed by atoms with E-state index in [-0.39, 0.29) is 5.56 Å². The number of rotatable bonds is 3. The Morgan fingerprint density at radius 1 is 0.917 bits per heavy atom. The summed E-state index contributed by atoms with van der Waals surface area (Å²) in [6, 6.07) is 16.4. The van der Waals surface area contributed by atoms with Gasteiger partial charge >= 0.3 is 5.97 Å². The minimum Gasteiger partial charge on any atom is -0.478 e. The molecule has 1 N–H and O–H groups in total. The highest BCUT2D eigenvalue weighted by atomic mass is 16.4. The molecule has 0 radical (unpaired) electrons. The number of nitrogens with zero attached hydrogens (tertiary/aromatic N) is 4. The van der Waals surface area contributed by atoms with Crippen molar-refractivity contribution in [1.29, 1.82) is 0 Å². The molecule has 0 aliphatic carbocycles. The highest BCUT2D eigenvalue weighted by molar-refractivity contribution is 5.88. The smallest absolute Gasteiger partial charge is 0.335 e. The van der Waals surface area contributed by atoms with Gasteiger partial charge in [0.2, 0.25) is 0 Å². The van der Waals surface area contributed by atoms with E-state index >= 15 is 0 Å². The minimum atomic E-state index is -0.955. The molecule has 0 unspecified atom stereocenters. The van der Waals surface area contributed by atoms with Gasteiger partial charge in [0, 0.05) is 17.3 Å². The highest BCUT2D eigenvalue weighted by Crippen LogP contribution is 2.22. The lowest BCUT2D eigenvalue weighted by Crippen LogP contribution is -1.96. The molecule has 2 aromatic heterocycles. The molecule has 0 aliphatic heterocycles. The van der Waals surface area contributed by atoms with E-state index in [0.29, 0.717) is 11.5 Å². The largest absolute Gasteiger partial charge is 0.478 e. The molecular weight excluding hydrogens is 304 g/mol. The van der Waals surface area contributed by atoms with Gasteiger partial charge in [0.25, 0.3) is 0 Å². The van der Waals surface area contributed by atoms with E-state index in [4.69, 9.17) is 5.11 Å². The Morgan fingerprint density at radius 2 is 1.67 bits per heavy atom. The molecule has 6 heteroatoms. The Labute approximate surface area is 137 Å². The van der Waals surface area contributed by atoms with Gasteiger partial charge in [-0.3, -0.25) is 9.38 Å². The summed E-state index contributed by atoms with van der Waals surface area (Å²) in [6.45, 7) is 0. The zero-order valence-corrected chi connectivity index (χ0v) is 12.5. The monoisotopic (exact) mass is 316 g/mol. The summed E-state index contributed by atoms with van der Waals surface area (Å²) in [5, 5.41) is 17.3. The second kappa shape index (κ2) is 5.58. The number of hydrogen-bond donors (Lipinski definition) is 1. The van der Waals surface area contributed by atoms with E-state index < -0.39 is 5.97 Å². The van der Waals surface area contributed by atoms with Gasteiger partial charge in [0.05, 0.1) is 17.5 Å². The number of carboxylic acid groups (broad SMARTS) is 1. The maximum Gasteiger partial charge on any atom is 0.335 e. The zero-order chi connectivity index (χ0) is 16.5. The fourth-order valence-electron chi connectivity index (χ4n) is 2.52. The number of benzene rings is 2. The van der Waals surface area contributed by atoms with Gasteiger partial charge < -0.3 is 5.11 Å². The first kappa shape index (κ1) is 14.1. The van der Waals surface area contributed by atoms with Crippen LogP contribution in [-0.4, -0.2) is 30.7 Å². The van der Waals surface area contributed by atoms with Crippen molar-refractivity contribution in [2.45, 2.75) is 0 Å². The second-order valence-corrected chi connectivity index (χ2v) is 5.27. The fraction of sp³-hybridized carbons (Fsp3) is 0. The molecule has 116 valence electrons. The molecule has 6 nitrogen and oxygen atoms in total. The molecule has 0 saturated heterocycles. The Kier molecular flexibility index (Phi) is 3.28. The molecule has 0 fully saturated rings. The Hall–Kier alpha value is -3.54. The lowest BCUT2D eigenvalue weighted by atomic mass is 10.1. The maximum absolute atomic E-state index is 11.0. The molecule has 0 bridgehead atoms. The minimum absolute atomic E-state index is 0.235. The fourth-order valence-corrected chi connectivity index (χ4v) is 2.52. The quantitative estimate of drug-likeness (QED) is 0.628. The third-order valence-electron chi connectivity index (χ3n) is 3.75. The van der Waals surface area contributed by atoms with Crippen LogP contribution < -0.4 is 0 Å². The third-order valence-corrected chi connectivity index (χ3v) is 3.75. The van der Waals surface area contributed by atoms with Crippen LogP contribution in [0.3, 0.4) is 0 Å². The van der Waals surface area contributed by atoms with Crippen LogP contribution in [0.25, 0.3) is 28.3 Å². The van der Waals surface area contributed by atoms with Crippen LogP contribution in [0.2, 0.25) is 0 Å². The van der Waals surface area contributed by atoms with Crippen molar-refractivity contribution in [1.82, 2.24) is 19.6 Å². The summed E-state index contributed by atoms with van der Waals surface area (Å²) in [4.78, 5) is 15.4. The summed E-state index contributed by atoms with van der Waals surface area (Å²) in [6.07, 6.45) is 3.55. The Morgan fingerprint density at radius 3 is 2.38 bits per heavy atom. The summed E-state index contributed by atoms with van der Waals surface area (Å²) in [7, 11) is 0. The van der Waals surface area contributed by atoms with Gasteiger partial charge in [-0.15, -0.1) is 10.2 Å². The predicted molar refractivity (Wildman–Crippen MR) is 88.6 cm³/mol. The normalized spacial score (nSPS) is 10.8. The number of hydrogen-bond acceptors (Lipinski definition) is 4. The third kappa shape index (κ3) is 2.40. The highest BCUT2D eigenvalue weighted by Gasteiger charge is 2.11. The van der Waals surface area contributed by atoms with E-state index in [0.717, 1.165) is 16.8 Å². The molecule has 0 spiro atoms. The van der Waals surface area contributed by atoms with Crippen LogP contribution in [0, 0.1) is 0 Å². The lowest BCUT2D eigenvalue weighted by molar-refractivity contribution is 0.0697. The number of aromatic nitrogens is 4. The second-order valence-electron chi connectivity index (χ2n) is 5.27. The van der Waals surface area contributed by atoms with Crippen LogP contribution in [0.5, 0.6) is 0 Å². The molecule has 2 heterocycles. The van der Waals surface area contributed by atoms with Crippen LogP contribution >= 0.6 is 0 Å². The van der Waals surface area contributed by atoms with Crippen LogP contribution in [0.1, 0.15) is 10.4 Å². The molecule has 2 aromatic carbocycles. The van der Waals surface area contributed by atoms with Crippen LogP contribution in [-0.2, 0) is 0 Å². The van der Waals surface area contributed by atoms with Gasteiger partial charge in [-0.1, -0.05) is 42.5 Å². The summed E-state index contributed by atoms with van der Waals surface area (Å²) in [5.41, 5.74) is 3.47. The van der Waals surface area contributed by atoms with E-state index in [9.17, 15) is 4.79 Å². The van der Waals surface area contributed by atoms with Crippen molar-refractivity contribution >= 4 is 11.6 Å². The standard InChI is InChI=1S/C18H12N4O2/c23-18(24)14-8-6-13(7-9-14)17-21-20-16-10-19-15(11-22(16)17)12-4-2-1-3-5-12/h1-11H,(H,23,24). The number of aromatic carboxylic acids is 1. The van der Waals surface area contributed by atoms with Crippen molar-refractivity contribution in [3.63, 3.8) is 0 Å². The first-order valence-corrected chi connectivity index (χ1v) is 7.32. The van der Waals surface area contributed by atoms with Crippen molar-refractivity contribution in [3.8, 4) is 22.6 Å². The van der Waals surface area contributed by atoms with Gasteiger partial charge in [-0.2, -0.15) is 0 Å². The van der Waals surface area contributed by atoms with Crippen molar-refractivity contribution in [2.24, 2.45) is 0 Å². The van der Waals surface area contributed by atoms with Crippen LogP contribution in [0.4, 0.5) is 0 Å². The lowest BCUT2D eigenvalue weighted by Gasteiger charge is -2.04. The van der Waals surface area contributed by atoms with Crippen LogP contribution in [0.15, 0.2) is 67.0 Å². The van der Waals surface area contributed by atoms with Crippen molar-refractivity contribution in [3.05, 3.63) is 72.6 Å². The first-order valence-electron chi connectivity index (χ1n) is 7.32. The number of carboxylic acids is 1. The van der Waals surface area contributed by atoms with E-state index in [1.54, 1.807) is 30.5 Å². The molecular formula is C18H12N4O2. The zero-order valence-electron chi connectivity index (χ0n) is 12.5. The molecule has 0 aliphatic rings. The van der Waals surface area contributed by atoms with Crippen molar-refractivity contribution in [2.75, 3.05) is 0 Å². The number of carbonyl (C=O) groups is 1. The van der Waals surface area contributed by atoms with E-state index in [1.165, 1.54) is 0 Å². The first-order chi connectivity index (χ1) is 11.7. The summed E-state index contributed by atoms with van der Waals surface area (Å²) in [5.74, 6) is -0.315.